The molecular formula is C16H22N2O2S. The molecule has 2 fully saturated rings. The fourth-order valence-electron chi connectivity index (χ4n) is 3.59. The summed E-state index contributed by atoms with van der Waals surface area (Å²) in [4.78, 5) is 26.7. The number of carbonyl (C=O) groups excluding carboxylic acids is 2. The Kier molecular flexibility index (Phi) is 4.58. The summed E-state index contributed by atoms with van der Waals surface area (Å²) in [5.41, 5.74) is 0. The van der Waals surface area contributed by atoms with Crippen LogP contribution in [-0.4, -0.2) is 36.3 Å². The Balaban J connectivity index is 1.48. The summed E-state index contributed by atoms with van der Waals surface area (Å²) in [6, 6.07) is 3.62. The third-order valence-corrected chi connectivity index (χ3v) is 5.66. The molecule has 1 aliphatic carbocycles. The number of likely N-dealkylation sites (tertiary alicyclic amines) is 1. The standard InChI is InChI=1S/C16H22N2O2S/c19-15(10-17-16(20)14-6-3-9-21-14)18-8-7-12-4-1-2-5-13(12)11-18/h3,6,9,12-13H,1-2,4-5,7-8,10-11H2,(H,17,20)/t12-,13-/m0/s1. The van der Waals surface area contributed by atoms with Crippen molar-refractivity contribution in [2.45, 2.75) is 32.1 Å². The number of piperidine rings is 1. The smallest absolute Gasteiger partial charge is 0.261 e. The lowest BCUT2D eigenvalue weighted by molar-refractivity contribution is -0.133. The van der Waals surface area contributed by atoms with Crippen LogP contribution in [-0.2, 0) is 4.79 Å². The third kappa shape index (κ3) is 3.46. The molecule has 2 heterocycles. The molecule has 1 saturated carbocycles. The minimum Gasteiger partial charge on any atom is -0.342 e. The summed E-state index contributed by atoms with van der Waals surface area (Å²) < 4.78 is 0. The van der Waals surface area contributed by atoms with Gasteiger partial charge in [0.05, 0.1) is 11.4 Å². The molecule has 0 radical (unpaired) electrons. The number of carbonyl (C=O) groups is 2. The molecule has 2 atom stereocenters. The minimum atomic E-state index is -0.147. The molecule has 114 valence electrons. The first-order chi connectivity index (χ1) is 10.2. The summed E-state index contributed by atoms with van der Waals surface area (Å²) in [6.45, 7) is 1.86. The fourth-order valence-corrected chi connectivity index (χ4v) is 4.23. The zero-order chi connectivity index (χ0) is 14.7. The minimum absolute atomic E-state index is 0.0592. The van der Waals surface area contributed by atoms with Gasteiger partial charge in [0.1, 0.15) is 0 Å². The zero-order valence-electron chi connectivity index (χ0n) is 12.2. The Hall–Kier alpha value is -1.36. The van der Waals surface area contributed by atoms with E-state index in [1.807, 2.05) is 16.3 Å². The van der Waals surface area contributed by atoms with E-state index >= 15 is 0 Å². The molecule has 0 bridgehead atoms. The molecule has 2 aliphatic rings. The number of hydrogen-bond acceptors (Lipinski definition) is 3. The van der Waals surface area contributed by atoms with E-state index in [9.17, 15) is 9.59 Å². The van der Waals surface area contributed by atoms with Gasteiger partial charge in [-0.3, -0.25) is 9.59 Å². The van der Waals surface area contributed by atoms with Crippen LogP contribution in [0.25, 0.3) is 0 Å². The van der Waals surface area contributed by atoms with E-state index in [0.29, 0.717) is 10.8 Å². The average molecular weight is 306 g/mol. The van der Waals surface area contributed by atoms with E-state index in [1.165, 1.54) is 37.0 Å². The lowest BCUT2D eigenvalue weighted by Crippen LogP contribution is -2.48. The van der Waals surface area contributed by atoms with Gasteiger partial charge in [0.25, 0.3) is 5.91 Å². The van der Waals surface area contributed by atoms with Crippen molar-refractivity contribution in [3.05, 3.63) is 22.4 Å². The first-order valence-corrected chi connectivity index (χ1v) is 8.71. The normalized spacial score (nSPS) is 25.2. The van der Waals surface area contributed by atoms with Crippen molar-refractivity contribution in [1.29, 1.82) is 0 Å². The Labute approximate surface area is 129 Å². The van der Waals surface area contributed by atoms with Crippen LogP contribution in [0, 0.1) is 11.8 Å². The molecule has 1 aromatic rings. The number of thiophene rings is 1. The van der Waals surface area contributed by atoms with Gasteiger partial charge in [0.15, 0.2) is 0 Å². The van der Waals surface area contributed by atoms with E-state index in [-0.39, 0.29) is 18.4 Å². The van der Waals surface area contributed by atoms with Crippen molar-refractivity contribution in [2.24, 2.45) is 11.8 Å². The monoisotopic (exact) mass is 306 g/mol. The van der Waals surface area contributed by atoms with Gasteiger partial charge in [-0.15, -0.1) is 11.3 Å². The van der Waals surface area contributed by atoms with Gasteiger partial charge in [-0.25, -0.2) is 0 Å². The highest BCUT2D eigenvalue weighted by molar-refractivity contribution is 7.12. The van der Waals surface area contributed by atoms with Crippen LogP contribution in [0.5, 0.6) is 0 Å². The van der Waals surface area contributed by atoms with Crippen LogP contribution >= 0.6 is 11.3 Å². The Bertz CT molecular complexity index is 500. The maximum absolute atomic E-state index is 12.3. The van der Waals surface area contributed by atoms with Crippen LogP contribution in [0.2, 0.25) is 0 Å². The molecule has 0 spiro atoms. The van der Waals surface area contributed by atoms with Gasteiger partial charge < -0.3 is 10.2 Å². The molecule has 5 heteroatoms. The van der Waals surface area contributed by atoms with Crippen LogP contribution in [0.1, 0.15) is 41.8 Å². The third-order valence-electron chi connectivity index (χ3n) is 4.79. The van der Waals surface area contributed by atoms with E-state index in [2.05, 4.69) is 5.32 Å². The maximum atomic E-state index is 12.3. The first-order valence-electron chi connectivity index (χ1n) is 7.83. The van der Waals surface area contributed by atoms with Crippen LogP contribution in [0.3, 0.4) is 0 Å². The second kappa shape index (κ2) is 6.60. The van der Waals surface area contributed by atoms with Gasteiger partial charge in [0, 0.05) is 13.1 Å². The largest absolute Gasteiger partial charge is 0.342 e. The number of amides is 2. The summed E-state index contributed by atoms with van der Waals surface area (Å²) in [5, 5.41) is 4.60. The molecule has 4 nitrogen and oxygen atoms in total. The SMILES string of the molecule is O=C(NCC(=O)N1CC[C@@H]2CCCC[C@H]2C1)c1cccs1. The van der Waals surface area contributed by atoms with Crippen LogP contribution in [0.4, 0.5) is 0 Å². The topological polar surface area (TPSA) is 49.4 Å². The Morgan fingerprint density at radius 3 is 2.81 bits per heavy atom. The van der Waals surface area contributed by atoms with Gasteiger partial charge in [0.2, 0.25) is 5.91 Å². The molecule has 1 N–H and O–H groups in total. The van der Waals surface area contributed by atoms with Gasteiger partial charge in [-0.05, 0) is 36.1 Å². The molecule has 21 heavy (non-hydrogen) atoms. The summed E-state index contributed by atoms with van der Waals surface area (Å²) in [5.74, 6) is 1.42. The molecule has 0 aromatic carbocycles. The van der Waals surface area contributed by atoms with Crippen molar-refractivity contribution in [3.8, 4) is 0 Å². The van der Waals surface area contributed by atoms with Crippen molar-refractivity contribution < 1.29 is 9.59 Å². The number of rotatable bonds is 3. The zero-order valence-corrected chi connectivity index (χ0v) is 13.0. The lowest BCUT2D eigenvalue weighted by atomic mass is 9.75. The number of hydrogen-bond donors (Lipinski definition) is 1. The Morgan fingerprint density at radius 1 is 1.24 bits per heavy atom. The Morgan fingerprint density at radius 2 is 2.05 bits per heavy atom. The molecule has 1 aliphatic heterocycles. The lowest BCUT2D eigenvalue weighted by Gasteiger charge is -2.41. The number of fused-ring (bicyclic) bond motifs is 1. The summed E-state index contributed by atoms with van der Waals surface area (Å²) in [6.07, 6.45) is 6.39. The predicted octanol–water partition coefficient (Wildman–Crippen LogP) is 2.52. The molecule has 3 rings (SSSR count). The maximum Gasteiger partial charge on any atom is 0.261 e. The summed E-state index contributed by atoms with van der Waals surface area (Å²) >= 11 is 1.40. The van der Waals surface area contributed by atoms with Crippen molar-refractivity contribution >= 4 is 23.2 Å². The van der Waals surface area contributed by atoms with Gasteiger partial charge in [-0.2, -0.15) is 0 Å². The van der Waals surface area contributed by atoms with E-state index < -0.39 is 0 Å². The summed E-state index contributed by atoms with van der Waals surface area (Å²) in [7, 11) is 0. The predicted molar refractivity (Wildman–Crippen MR) is 83.3 cm³/mol. The van der Waals surface area contributed by atoms with Gasteiger partial charge in [-0.1, -0.05) is 25.3 Å². The molecule has 1 aromatic heterocycles. The second-order valence-corrected chi connectivity index (χ2v) is 7.04. The average Bonchev–Trinajstić information content (AvgIpc) is 3.06. The van der Waals surface area contributed by atoms with E-state index in [0.717, 1.165) is 25.4 Å². The number of nitrogens with zero attached hydrogens (tertiary/aromatic N) is 1. The molecule has 0 unspecified atom stereocenters. The van der Waals surface area contributed by atoms with E-state index in [1.54, 1.807) is 6.07 Å². The number of nitrogens with one attached hydrogen (secondary N) is 1. The quantitative estimate of drug-likeness (QED) is 0.933. The highest BCUT2D eigenvalue weighted by Crippen LogP contribution is 2.35. The second-order valence-electron chi connectivity index (χ2n) is 6.09. The fraction of sp³-hybridized carbons (Fsp3) is 0.625. The highest BCUT2D eigenvalue weighted by Gasteiger charge is 2.32. The van der Waals surface area contributed by atoms with Gasteiger partial charge >= 0.3 is 0 Å². The highest BCUT2D eigenvalue weighted by atomic mass is 32.1. The van der Waals surface area contributed by atoms with Crippen molar-refractivity contribution in [1.82, 2.24) is 10.2 Å². The molecule has 1 saturated heterocycles. The van der Waals surface area contributed by atoms with Crippen molar-refractivity contribution in [3.63, 3.8) is 0 Å². The first kappa shape index (κ1) is 14.6. The van der Waals surface area contributed by atoms with Crippen LogP contribution < -0.4 is 5.32 Å². The van der Waals surface area contributed by atoms with Crippen molar-refractivity contribution in [2.75, 3.05) is 19.6 Å². The molecular weight excluding hydrogens is 284 g/mol. The molecule has 2 amide bonds. The van der Waals surface area contributed by atoms with Crippen LogP contribution in [0.15, 0.2) is 17.5 Å². The van der Waals surface area contributed by atoms with E-state index in [4.69, 9.17) is 0 Å².